The van der Waals surface area contributed by atoms with Gasteiger partial charge in [-0.25, -0.2) is 9.18 Å². The van der Waals surface area contributed by atoms with Crippen molar-refractivity contribution in [2.24, 2.45) is 5.92 Å². The van der Waals surface area contributed by atoms with E-state index in [9.17, 15) is 14.7 Å². The Hall–Kier alpha value is -2.61. The number of methoxy groups -OCH3 is 1. The topological polar surface area (TPSA) is 87.6 Å². The van der Waals surface area contributed by atoms with Crippen LogP contribution in [0, 0.1) is 18.7 Å². The van der Waals surface area contributed by atoms with Crippen molar-refractivity contribution in [2.45, 2.75) is 38.3 Å². The summed E-state index contributed by atoms with van der Waals surface area (Å²) in [4.78, 5) is 29.3. The minimum Gasteiger partial charge on any atom is -0.493 e. The van der Waals surface area contributed by atoms with E-state index in [1.165, 1.54) is 7.11 Å². The van der Waals surface area contributed by atoms with Crippen LogP contribution in [-0.4, -0.2) is 41.0 Å². The molecule has 1 aromatic heterocycles. The number of nitrogens with zero attached hydrogens (tertiary/aromatic N) is 2. The summed E-state index contributed by atoms with van der Waals surface area (Å²) in [6, 6.07) is 0.0102. The second kappa shape index (κ2) is 5.94. The third-order valence-corrected chi connectivity index (χ3v) is 6.27. The maximum Gasteiger partial charge on any atom is 0.329 e. The zero-order chi connectivity index (χ0) is 19.7. The molecule has 2 fully saturated rings. The van der Waals surface area contributed by atoms with Crippen LogP contribution in [0.2, 0.25) is 0 Å². The highest BCUT2D eigenvalue weighted by Gasteiger charge is 2.39. The molecule has 0 radical (unpaired) electrons. The molecule has 0 amide bonds. The standard InChI is InChI=1S/C20H22FN3O4/c1-9-16-14(19(26)22-20(27)24(16)11-4-5-11)18(28-2)15(21)17(9)23-7-10-3-6-13(25)12(10)8-23/h3,11-13,25H,4-8H2,1-2H3,(H,22,26,27). The van der Waals surface area contributed by atoms with Crippen molar-refractivity contribution in [3.63, 3.8) is 0 Å². The number of fused-ring (bicyclic) bond motifs is 2. The first kappa shape index (κ1) is 17.5. The van der Waals surface area contributed by atoms with Crippen molar-refractivity contribution in [3.8, 4) is 5.75 Å². The van der Waals surface area contributed by atoms with Gasteiger partial charge in [-0.1, -0.05) is 6.08 Å². The van der Waals surface area contributed by atoms with Gasteiger partial charge in [0, 0.05) is 30.6 Å². The number of aromatic amines is 1. The van der Waals surface area contributed by atoms with Crippen LogP contribution in [0.4, 0.5) is 10.1 Å². The van der Waals surface area contributed by atoms with E-state index in [4.69, 9.17) is 4.74 Å². The van der Waals surface area contributed by atoms with Crippen LogP contribution in [0.25, 0.3) is 10.9 Å². The van der Waals surface area contributed by atoms with E-state index >= 15 is 4.39 Å². The molecule has 7 nitrogen and oxygen atoms in total. The Morgan fingerprint density at radius 3 is 2.71 bits per heavy atom. The maximum absolute atomic E-state index is 15.5. The van der Waals surface area contributed by atoms with Gasteiger partial charge in [0.2, 0.25) is 0 Å². The summed E-state index contributed by atoms with van der Waals surface area (Å²) >= 11 is 0. The average molecular weight is 387 g/mol. The quantitative estimate of drug-likeness (QED) is 0.782. The minimum atomic E-state index is -0.640. The SMILES string of the molecule is COc1c(F)c(N2CC3=CCC(O)C3C2)c(C)c2c1c(=O)[nH]c(=O)n2C1CC1. The van der Waals surface area contributed by atoms with Gasteiger partial charge in [-0.3, -0.25) is 14.3 Å². The molecule has 2 aliphatic carbocycles. The van der Waals surface area contributed by atoms with Crippen LogP contribution >= 0.6 is 0 Å². The van der Waals surface area contributed by atoms with Gasteiger partial charge in [0.05, 0.1) is 24.4 Å². The first-order valence-electron chi connectivity index (χ1n) is 9.58. The summed E-state index contributed by atoms with van der Waals surface area (Å²) in [5.41, 5.74) is 1.33. The molecular formula is C20H22FN3O4. The largest absolute Gasteiger partial charge is 0.493 e. The van der Waals surface area contributed by atoms with Crippen molar-refractivity contribution in [1.82, 2.24) is 9.55 Å². The van der Waals surface area contributed by atoms with E-state index in [2.05, 4.69) is 4.98 Å². The number of aromatic nitrogens is 2. The van der Waals surface area contributed by atoms with Crippen molar-refractivity contribution in [2.75, 3.05) is 25.1 Å². The number of anilines is 1. The fraction of sp³-hybridized carbons (Fsp3) is 0.500. The molecule has 148 valence electrons. The Balaban J connectivity index is 1.80. The van der Waals surface area contributed by atoms with Crippen molar-refractivity contribution in [3.05, 3.63) is 43.9 Å². The van der Waals surface area contributed by atoms with E-state index in [1.807, 2.05) is 11.0 Å². The Bertz CT molecular complexity index is 1150. The lowest BCUT2D eigenvalue weighted by Gasteiger charge is -2.25. The summed E-state index contributed by atoms with van der Waals surface area (Å²) in [6.45, 7) is 2.76. The molecular weight excluding hydrogens is 365 g/mol. The Kier molecular flexibility index (Phi) is 3.71. The predicted molar refractivity (Wildman–Crippen MR) is 103 cm³/mol. The Labute approximate surface area is 160 Å². The van der Waals surface area contributed by atoms with Gasteiger partial charge >= 0.3 is 5.69 Å². The van der Waals surface area contributed by atoms with Crippen LogP contribution in [0.3, 0.4) is 0 Å². The summed E-state index contributed by atoms with van der Waals surface area (Å²) in [5.74, 6) is -0.753. The van der Waals surface area contributed by atoms with E-state index in [0.717, 1.165) is 18.4 Å². The van der Waals surface area contributed by atoms with Crippen LogP contribution in [0.15, 0.2) is 21.2 Å². The number of benzene rings is 1. The molecule has 2 heterocycles. The van der Waals surface area contributed by atoms with Gasteiger partial charge in [-0.2, -0.15) is 0 Å². The number of rotatable bonds is 3. The van der Waals surface area contributed by atoms with E-state index in [-0.39, 0.29) is 23.1 Å². The zero-order valence-electron chi connectivity index (χ0n) is 15.8. The molecule has 8 heteroatoms. The lowest BCUT2D eigenvalue weighted by Crippen LogP contribution is -2.32. The van der Waals surface area contributed by atoms with Crippen LogP contribution in [0.1, 0.15) is 30.9 Å². The second-order valence-corrected chi connectivity index (χ2v) is 7.97. The molecule has 0 spiro atoms. The van der Waals surface area contributed by atoms with E-state index < -0.39 is 23.2 Å². The number of aliphatic hydroxyl groups is 1. The minimum absolute atomic E-state index is 0.00899. The van der Waals surface area contributed by atoms with Gasteiger partial charge in [-0.15, -0.1) is 0 Å². The molecule has 2 aromatic rings. The van der Waals surface area contributed by atoms with Gasteiger partial charge in [0.1, 0.15) is 5.39 Å². The lowest BCUT2D eigenvalue weighted by molar-refractivity contribution is 0.147. The molecule has 1 aliphatic heterocycles. The molecule has 28 heavy (non-hydrogen) atoms. The van der Waals surface area contributed by atoms with E-state index in [0.29, 0.717) is 36.3 Å². The predicted octanol–water partition coefficient (Wildman–Crippen LogP) is 1.61. The number of H-pyrrole nitrogens is 1. The highest BCUT2D eigenvalue weighted by atomic mass is 19.1. The number of hydrogen-bond acceptors (Lipinski definition) is 5. The number of aryl methyl sites for hydroxylation is 1. The highest BCUT2D eigenvalue weighted by Crippen LogP contribution is 2.44. The fourth-order valence-corrected chi connectivity index (χ4v) is 4.82. The summed E-state index contributed by atoms with van der Waals surface area (Å²) in [5, 5.41) is 10.3. The molecule has 2 atom stereocenters. The fourth-order valence-electron chi connectivity index (χ4n) is 4.82. The zero-order valence-corrected chi connectivity index (χ0v) is 15.8. The van der Waals surface area contributed by atoms with Gasteiger partial charge < -0.3 is 14.7 Å². The number of ether oxygens (including phenoxy) is 1. The van der Waals surface area contributed by atoms with Gasteiger partial charge in [0.15, 0.2) is 11.6 Å². The van der Waals surface area contributed by atoms with Crippen LogP contribution in [0.5, 0.6) is 5.75 Å². The first-order valence-corrected chi connectivity index (χ1v) is 9.58. The Morgan fingerprint density at radius 2 is 2.07 bits per heavy atom. The number of halogens is 1. The van der Waals surface area contributed by atoms with Crippen LogP contribution < -0.4 is 20.9 Å². The number of nitrogens with one attached hydrogen (secondary N) is 1. The van der Waals surface area contributed by atoms with E-state index in [1.54, 1.807) is 11.5 Å². The first-order chi connectivity index (χ1) is 13.4. The number of hydrogen-bond donors (Lipinski definition) is 2. The van der Waals surface area contributed by atoms with Gasteiger partial charge in [0.25, 0.3) is 5.56 Å². The van der Waals surface area contributed by atoms with Crippen molar-refractivity contribution < 1.29 is 14.2 Å². The lowest BCUT2D eigenvalue weighted by atomic mass is 10.0. The van der Waals surface area contributed by atoms with Gasteiger partial charge in [-0.05, 0) is 31.8 Å². The Morgan fingerprint density at radius 1 is 1.32 bits per heavy atom. The molecule has 1 aromatic carbocycles. The third kappa shape index (κ3) is 2.30. The summed E-state index contributed by atoms with van der Waals surface area (Å²) in [7, 11) is 1.33. The average Bonchev–Trinajstić information content (AvgIpc) is 3.30. The van der Waals surface area contributed by atoms with Crippen molar-refractivity contribution in [1.29, 1.82) is 0 Å². The summed E-state index contributed by atoms with van der Waals surface area (Å²) < 4.78 is 22.4. The molecule has 2 unspecified atom stereocenters. The second-order valence-electron chi connectivity index (χ2n) is 7.97. The molecule has 3 aliphatic rings. The molecule has 1 saturated carbocycles. The van der Waals surface area contributed by atoms with Crippen LogP contribution in [-0.2, 0) is 0 Å². The molecule has 0 bridgehead atoms. The summed E-state index contributed by atoms with van der Waals surface area (Å²) in [6.07, 6.45) is 3.90. The smallest absolute Gasteiger partial charge is 0.329 e. The normalized spacial score (nSPS) is 24.0. The molecule has 5 rings (SSSR count). The van der Waals surface area contributed by atoms with Crippen molar-refractivity contribution >= 4 is 16.6 Å². The molecule has 1 saturated heterocycles. The molecule has 2 N–H and O–H groups in total. The highest BCUT2D eigenvalue weighted by molar-refractivity contribution is 5.93. The maximum atomic E-state index is 15.5. The number of aliphatic hydroxyl groups excluding tert-OH is 1. The third-order valence-electron chi connectivity index (χ3n) is 6.27. The monoisotopic (exact) mass is 387 g/mol.